The fourth-order valence-corrected chi connectivity index (χ4v) is 9.18. The highest BCUT2D eigenvalue weighted by Crippen LogP contribution is 2.55. The fourth-order valence-electron chi connectivity index (χ4n) is 9.18. The van der Waals surface area contributed by atoms with Gasteiger partial charge in [0.05, 0.1) is 0 Å². The van der Waals surface area contributed by atoms with Crippen LogP contribution >= 0.6 is 0 Å². The third kappa shape index (κ3) is 9.53. The second-order valence-electron chi connectivity index (χ2n) is 18.9. The van der Waals surface area contributed by atoms with E-state index < -0.39 is 0 Å². The van der Waals surface area contributed by atoms with Crippen LogP contribution in [0.15, 0.2) is 115 Å². The molecule has 5 aromatic rings. The van der Waals surface area contributed by atoms with Crippen molar-refractivity contribution in [2.24, 2.45) is 0 Å². The van der Waals surface area contributed by atoms with Gasteiger partial charge in [0, 0.05) is 22.5 Å². The van der Waals surface area contributed by atoms with Crippen molar-refractivity contribution in [3.63, 3.8) is 0 Å². The van der Waals surface area contributed by atoms with Gasteiger partial charge < -0.3 is 4.90 Å². The van der Waals surface area contributed by atoms with Gasteiger partial charge >= 0.3 is 0 Å². The van der Waals surface area contributed by atoms with Gasteiger partial charge in [-0.05, 0) is 111 Å². The number of anilines is 3. The topological polar surface area (TPSA) is 3.24 Å². The molecule has 0 heterocycles. The van der Waals surface area contributed by atoms with Gasteiger partial charge in [0.25, 0.3) is 0 Å². The highest BCUT2D eigenvalue weighted by Gasteiger charge is 2.42. The number of unbranched alkanes of at least 4 members (excludes halogenated alkanes) is 10. The zero-order valence-corrected chi connectivity index (χ0v) is 36.3. The van der Waals surface area contributed by atoms with Crippen LogP contribution in [0.2, 0.25) is 0 Å². The second-order valence-corrected chi connectivity index (χ2v) is 18.9. The maximum Gasteiger partial charge on any atom is 0.0462 e. The zero-order valence-electron chi connectivity index (χ0n) is 36.3. The highest BCUT2D eigenvalue weighted by molar-refractivity contribution is 5.85. The van der Waals surface area contributed by atoms with E-state index in [1.54, 1.807) is 11.1 Å². The molecule has 5 aromatic carbocycles. The molecular weight excluding hydrogens is 675 g/mol. The van der Waals surface area contributed by atoms with Gasteiger partial charge in [-0.1, -0.05) is 205 Å². The van der Waals surface area contributed by atoms with Crippen molar-refractivity contribution in [2.75, 3.05) is 4.90 Å². The smallest absolute Gasteiger partial charge is 0.0462 e. The third-order valence-corrected chi connectivity index (χ3v) is 12.6. The molecule has 1 aliphatic rings. The molecule has 0 amide bonds. The Balaban J connectivity index is 1.35. The van der Waals surface area contributed by atoms with Crippen LogP contribution in [0.1, 0.15) is 168 Å². The van der Waals surface area contributed by atoms with Gasteiger partial charge in [0.15, 0.2) is 0 Å². The van der Waals surface area contributed by atoms with Crippen LogP contribution in [0, 0.1) is 0 Å². The average molecular weight is 746 g/mol. The molecule has 0 saturated heterocycles. The lowest BCUT2D eigenvalue weighted by Gasteiger charge is -2.33. The summed E-state index contributed by atoms with van der Waals surface area (Å²) in [5.41, 5.74) is 15.2. The van der Waals surface area contributed by atoms with Crippen LogP contribution in [-0.4, -0.2) is 0 Å². The summed E-state index contributed by atoms with van der Waals surface area (Å²) in [6.45, 7) is 18.4. The summed E-state index contributed by atoms with van der Waals surface area (Å²) in [6, 6.07) is 44.5. The molecule has 0 aromatic heterocycles. The van der Waals surface area contributed by atoms with E-state index in [-0.39, 0.29) is 16.2 Å². The van der Waals surface area contributed by atoms with E-state index in [1.165, 1.54) is 140 Å². The maximum absolute atomic E-state index is 2.59. The normalized spacial score (nSPS) is 13.4. The zero-order chi connectivity index (χ0) is 39.8. The molecule has 296 valence electrons. The first-order valence-electron chi connectivity index (χ1n) is 22.3. The van der Waals surface area contributed by atoms with Crippen LogP contribution in [0.4, 0.5) is 17.1 Å². The van der Waals surface area contributed by atoms with Gasteiger partial charge in [-0.3, -0.25) is 0 Å². The maximum atomic E-state index is 2.59. The summed E-state index contributed by atoms with van der Waals surface area (Å²) in [5, 5.41) is 0. The number of rotatable bonds is 18. The Kier molecular flexibility index (Phi) is 13.7. The predicted octanol–water partition coefficient (Wildman–Crippen LogP) is 17.2. The molecule has 1 nitrogen and oxygen atoms in total. The van der Waals surface area contributed by atoms with Gasteiger partial charge in [-0.25, -0.2) is 0 Å². The molecule has 56 heavy (non-hydrogen) atoms. The molecular formula is C55H71N. The second kappa shape index (κ2) is 18.4. The van der Waals surface area contributed by atoms with Crippen LogP contribution < -0.4 is 4.90 Å². The lowest BCUT2D eigenvalue weighted by atomic mass is 9.70. The molecule has 0 N–H and O–H groups in total. The Hall–Kier alpha value is -4.10. The van der Waals surface area contributed by atoms with Crippen molar-refractivity contribution in [3.05, 3.63) is 138 Å². The Bertz CT molecular complexity index is 1890. The van der Waals surface area contributed by atoms with Crippen LogP contribution in [0.25, 0.3) is 22.3 Å². The summed E-state index contributed by atoms with van der Waals surface area (Å²) in [5.74, 6) is 0. The van der Waals surface area contributed by atoms with E-state index in [1.807, 2.05) is 0 Å². The molecule has 0 radical (unpaired) electrons. The van der Waals surface area contributed by atoms with E-state index in [0.717, 1.165) is 0 Å². The standard InChI is InChI=1S/C55H71N/c1-9-11-13-15-17-21-39-55(40-22-18-16-14-12-10-2)51-24-20-19-23-49(51)50-38-27-43(41-52(50)55)42-25-32-46(33-26-42)56(47-34-28-44(29-35-47)53(3,4)5)48-36-30-45(31-37-48)54(6,7)8/h19-20,23-38,41H,9-18,21-22,39-40H2,1-8H3. The SMILES string of the molecule is CCCCCCCCC1(CCCCCCCC)c2ccccc2-c2ccc(-c3ccc(N(c4ccc(C(C)(C)C)cc4)c4ccc(C(C)(C)C)cc4)cc3)cc21. The van der Waals surface area contributed by atoms with E-state index >= 15 is 0 Å². The number of hydrogen-bond acceptors (Lipinski definition) is 1. The summed E-state index contributed by atoms with van der Waals surface area (Å²) < 4.78 is 0. The van der Waals surface area contributed by atoms with Crippen molar-refractivity contribution in [1.82, 2.24) is 0 Å². The minimum absolute atomic E-state index is 0.0899. The largest absolute Gasteiger partial charge is 0.311 e. The minimum Gasteiger partial charge on any atom is -0.311 e. The lowest BCUT2D eigenvalue weighted by Crippen LogP contribution is -2.25. The third-order valence-electron chi connectivity index (χ3n) is 12.6. The molecule has 0 aliphatic heterocycles. The van der Waals surface area contributed by atoms with E-state index in [0.29, 0.717) is 0 Å². The van der Waals surface area contributed by atoms with Crippen LogP contribution in [0.5, 0.6) is 0 Å². The summed E-state index contributed by atoms with van der Waals surface area (Å²) >= 11 is 0. The lowest BCUT2D eigenvalue weighted by molar-refractivity contribution is 0.398. The van der Waals surface area contributed by atoms with Crippen molar-refractivity contribution in [3.8, 4) is 22.3 Å². The summed E-state index contributed by atoms with van der Waals surface area (Å²) in [7, 11) is 0. The number of hydrogen-bond donors (Lipinski definition) is 0. The summed E-state index contributed by atoms with van der Waals surface area (Å²) in [4.78, 5) is 2.41. The molecule has 6 rings (SSSR count). The van der Waals surface area contributed by atoms with Crippen molar-refractivity contribution >= 4 is 17.1 Å². The summed E-state index contributed by atoms with van der Waals surface area (Å²) in [6.07, 6.45) is 18.6. The highest BCUT2D eigenvalue weighted by atomic mass is 15.1. The molecule has 0 saturated carbocycles. The van der Waals surface area contributed by atoms with Gasteiger partial charge in [-0.15, -0.1) is 0 Å². The molecule has 0 unspecified atom stereocenters. The molecule has 1 heteroatoms. The van der Waals surface area contributed by atoms with E-state index in [2.05, 4.69) is 176 Å². The predicted molar refractivity (Wildman–Crippen MR) is 246 cm³/mol. The van der Waals surface area contributed by atoms with Crippen molar-refractivity contribution in [2.45, 2.75) is 162 Å². The Morgan fingerprint density at radius 1 is 0.411 bits per heavy atom. The first-order valence-corrected chi connectivity index (χ1v) is 22.3. The Morgan fingerprint density at radius 3 is 1.30 bits per heavy atom. The minimum atomic E-state index is 0.0899. The fraction of sp³-hybridized carbons (Fsp3) is 0.455. The first-order chi connectivity index (χ1) is 27.0. The molecule has 0 bridgehead atoms. The average Bonchev–Trinajstić information content (AvgIpc) is 3.46. The Labute approximate surface area is 342 Å². The van der Waals surface area contributed by atoms with Crippen LogP contribution in [0.3, 0.4) is 0 Å². The monoisotopic (exact) mass is 746 g/mol. The Morgan fingerprint density at radius 2 is 0.821 bits per heavy atom. The van der Waals surface area contributed by atoms with Crippen molar-refractivity contribution < 1.29 is 0 Å². The molecule has 0 spiro atoms. The molecule has 1 aliphatic carbocycles. The molecule has 0 fully saturated rings. The first kappa shape index (κ1) is 41.5. The van der Waals surface area contributed by atoms with Gasteiger partial charge in [-0.2, -0.15) is 0 Å². The van der Waals surface area contributed by atoms with E-state index in [9.17, 15) is 0 Å². The van der Waals surface area contributed by atoms with E-state index in [4.69, 9.17) is 0 Å². The number of fused-ring (bicyclic) bond motifs is 3. The quantitative estimate of drug-likeness (QED) is 0.0807. The van der Waals surface area contributed by atoms with Crippen LogP contribution in [-0.2, 0) is 16.2 Å². The number of benzene rings is 5. The molecule has 0 atom stereocenters. The number of nitrogens with zero attached hydrogens (tertiary/aromatic N) is 1. The van der Waals surface area contributed by atoms with Gasteiger partial charge in [0.2, 0.25) is 0 Å². The van der Waals surface area contributed by atoms with Crippen molar-refractivity contribution in [1.29, 1.82) is 0 Å². The van der Waals surface area contributed by atoms with Gasteiger partial charge in [0.1, 0.15) is 0 Å².